The number of anilines is 1. The molecule has 0 bridgehead atoms. The Hall–Kier alpha value is -1.59. The Balaban J connectivity index is 2.08. The van der Waals surface area contributed by atoms with Crippen molar-refractivity contribution in [2.75, 3.05) is 12.0 Å². The van der Waals surface area contributed by atoms with E-state index in [1.54, 1.807) is 0 Å². The van der Waals surface area contributed by atoms with Crippen LogP contribution < -0.4 is 11.3 Å². The molecule has 0 aliphatic carbocycles. The number of aromatic nitrogens is 2. The summed E-state index contributed by atoms with van der Waals surface area (Å²) in [6.07, 6.45) is 5.28. The Morgan fingerprint density at radius 2 is 2.33 bits per heavy atom. The number of ether oxygens (including phenoxy) is 1. The highest BCUT2D eigenvalue weighted by Crippen LogP contribution is 2.30. The molecule has 0 saturated carbocycles. The quantitative estimate of drug-likeness (QED) is 0.630. The van der Waals surface area contributed by atoms with Crippen molar-refractivity contribution in [3.63, 3.8) is 0 Å². The maximum absolute atomic E-state index is 5.78. The second-order valence-corrected chi connectivity index (χ2v) is 4.74. The van der Waals surface area contributed by atoms with Gasteiger partial charge in [0.25, 0.3) is 0 Å². The Morgan fingerprint density at radius 3 is 3.06 bits per heavy atom. The lowest BCUT2D eigenvalue weighted by Gasteiger charge is -2.23. The van der Waals surface area contributed by atoms with Crippen LogP contribution in [0.15, 0.2) is 18.3 Å². The summed E-state index contributed by atoms with van der Waals surface area (Å²) in [5.41, 5.74) is 5.89. The number of benzene rings is 1. The minimum absolute atomic E-state index is 0.0598. The summed E-state index contributed by atoms with van der Waals surface area (Å²) in [6, 6.07) is 4.13. The molecule has 0 radical (unpaired) electrons. The number of hydrogen-bond donors (Lipinski definition) is 2. The van der Waals surface area contributed by atoms with Crippen molar-refractivity contribution in [2.45, 2.75) is 32.4 Å². The predicted octanol–water partition coefficient (Wildman–Crippen LogP) is 2.33. The Morgan fingerprint density at radius 1 is 1.44 bits per heavy atom. The molecule has 1 aromatic heterocycles. The van der Waals surface area contributed by atoms with Crippen LogP contribution in [0.25, 0.3) is 10.9 Å². The van der Waals surface area contributed by atoms with Crippen molar-refractivity contribution in [1.29, 1.82) is 0 Å². The summed E-state index contributed by atoms with van der Waals surface area (Å²) in [4.78, 5) is 0. The van der Waals surface area contributed by atoms with Crippen LogP contribution in [-0.2, 0) is 4.74 Å². The molecule has 1 unspecified atom stereocenters. The fraction of sp³-hybridized carbons (Fsp3) is 0.462. The number of nitrogens with one attached hydrogen (secondary N) is 1. The van der Waals surface area contributed by atoms with E-state index < -0.39 is 0 Å². The molecule has 3 rings (SSSR count). The molecule has 2 aromatic rings. The maximum atomic E-state index is 5.78. The molecular weight excluding hydrogens is 228 g/mol. The van der Waals surface area contributed by atoms with Crippen LogP contribution in [0.1, 0.15) is 31.1 Å². The van der Waals surface area contributed by atoms with Crippen molar-refractivity contribution in [3.8, 4) is 0 Å². The van der Waals surface area contributed by atoms with E-state index in [-0.39, 0.29) is 6.23 Å². The van der Waals surface area contributed by atoms with E-state index in [9.17, 15) is 0 Å². The van der Waals surface area contributed by atoms with Crippen molar-refractivity contribution < 1.29 is 4.74 Å². The molecule has 1 aromatic carbocycles. The molecule has 1 aliphatic rings. The van der Waals surface area contributed by atoms with Gasteiger partial charge in [0.15, 0.2) is 6.23 Å². The maximum Gasteiger partial charge on any atom is 0.150 e. The zero-order chi connectivity index (χ0) is 12.5. The molecule has 18 heavy (non-hydrogen) atoms. The molecule has 2 heterocycles. The summed E-state index contributed by atoms with van der Waals surface area (Å²) in [5.74, 6) is 5.59. The first kappa shape index (κ1) is 11.5. The van der Waals surface area contributed by atoms with E-state index in [0.717, 1.165) is 41.6 Å². The first-order valence-corrected chi connectivity index (χ1v) is 6.36. The number of nitrogens with two attached hydrogens (primary N) is 1. The van der Waals surface area contributed by atoms with Gasteiger partial charge in [-0.3, -0.25) is 5.84 Å². The summed E-state index contributed by atoms with van der Waals surface area (Å²) in [7, 11) is 0. The first-order valence-electron chi connectivity index (χ1n) is 6.36. The molecule has 5 nitrogen and oxygen atoms in total. The predicted molar refractivity (Wildman–Crippen MR) is 71.1 cm³/mol. The van der Waals surface area contributed by atoms with Crippen molar-refractivity contribution in [2.24, 2.45) is 5.84 Å². The van der Waals surface area contributed by atoms with E-state index in [1.807, 2.05) is 17.8 Å². The molecule has 1 atom stereocenters. The topological polar surface area (TPSA) is 65.1 Å². The van der Waals surface area contributed by atoms with E-state index in [4.69, 9.17) is 10.6 Å². The zero-order valence-corrected chi connectivity index (χ0v) is 10.5. The molecule has 1 aliphatic heterocycles. The normalized spacial score (nSPS) is 20.2. The van der Waals surface area contributed by atoms with Crippen LogP contribution in [0.2, 0.25) is 0 Å². The third kappa shape index (κ3) is 1.76. The summed E-state index contributed by atoms with van der Waals surface area (Å²) in [5, 5.41) is 5.51. The summed E-state index contributed by atoms with van der Waals surface area (Å²) >= 11 is 0. The Bertz CT molecular complexity index is 557. The van der Waals surface area contributed by atoms with Crippen molar-refractivity contribution >= 4 is 16.6 Å². The lowest BCUT2D eigenvalue weighted by molar-refractivity contribution is -0.0366. The summed E-state index contributed by atoms with van der Waals surface area (Å²) in [6.45, 7) is 2.85. The van der Waals surface area contributed by atoms with Gasteiger partial charge in [-0.15, -0.1) is 0 Å². The SMILES string of the molecule is Cc1ccc2c(cnn2C2CCCCO2)c1NN. The lowest BCUT2D eigenvalue weighted by Crippen LogP contribution is -2.19. The van der Waals surface area contributed by atoms with Gasteiger partial charge in [-0.1, -0.05) is 6.07 Å². The smallest absolute Gasteiger partial charge is 0.150 e. The highest BCUT2D eigenvalue weighted by Gasteiger charge is 2.19. The minimum atomic E-state index is 0.0598. The molecule has 96 valence electrons. The van der Waals surface area contributed by atoms with Crippen LogP contribution in [0.4, 0.5) is 5.69 Å². The second kappa shape index (κ2) is 4.59. The molecule has 3 N–H and O–H groups in total. The van der Waals surface area contributed by atoms with Gasteiger partial charge in [-0.2, -0.15) is 5.10 Å². The average Bonchev–Trinajstić information content (AvgIpc) is 2.83. The number of nitrogens with zero attached hydrogens (tertiary/aromatic N) is 2. The number of rotatable bonds is 2. The van der Waals surface area contributed by atoms with E-state index in [0.29, 0.717) is 0 Å². The van der Waals surface area contributed by atoms with Crippen LogP contribution in [0.3, 0.4) is 0 Å². The number of fused-ring (bicyclic) bond motifs is 1. The van der Waals surface area contributed by atoms with E-state index in [1.165, 1.54) is 6.42 Å². The van der Waals surface area contributed by atoms with E-state index >= 15 is 0 Å². The van der Waals surface area contributed by atoms with Gasteiger partial charge >= 0.3 is 0 Å². The van der Waals surface area contributed by atoms with Gasteiger partial charge < -0.3 is 10.2 Å². The molecule has 1 fully saturated rings. The van der Waals surface area contributed by atoms with Gasteiger partial charge in [0, 0.05) is 12.0 Å². The number of hydrazine groups is 1. The lowest BCUT2D eigenvalue weighted by atomic mass is 10.1. The van der Waals surface area contributed by atoms with Crippen LogP contribution in [-0.4, -0.2) is 16.4 Å². The highest BCUT2D eigenvalue weighted by molar-refractivity contribution is 5.93. The third-order valence-corrected chi connectivity index (χ3v) is 3.56. The van der Waals surface area contributed by atoms with Gasteiger partial charge in [0.1, 0.15) is 0 Å². The summed E-state index contributed by atoms with van der Waals surface area (Å²) < 4.78 is 7.75. The second-order valence-electron chi connectivity index (χ2n) is 4.74. The Kier molecular flexibility index (Phi) is 2.93. The van der Waals surface area contributed by atoms with Gasteiger partial charge in [-0.05, 0) is 37.8 Å². The third-order valence-electron chi connectivity index (χ3n) is 3.56. The molecular formula is C13H18N4O. The Labute approximate surface area is 106 Å². The largest absolute Gasteiger partial charge is 0.356 e. The van der Waals surface area contributed by atoms with Gasteiger partial charge in [-0.25, -0.2) is 4.68 Å². The van der Waals surface area contributed by atoms with E-state index in [2.05, 4.69) is 22.7 Å². The number of aryl methyl sites for hydroxylation is 1. The van der Waals surface area contributed by atoms with Crippen LogP contribution in [0.5, 0.6) is 0 Å². The van der Waals surface area contributed by atoms with Crippen molar-refractivity contribution in [3.05, 3.63) is 23.9 Å². The van der Waals surface area contributed by atoms with Crippen LogP contribution in [0, 0.1) is 6.92 Å². The molecule has 0 amide bonds. The number of nitrogen functional groups attached to an aromatic ring is 1. The minimum Gasteiger partial charge on any atom is -0.356 e. The number of hydrogen-bond acceptors (Lipinski definition) is 4. The fourth-order valence-electron chi connectivity index (χ4n) is 2.57. The van der Waals surface area contributed by atoms with Gasteiger partial charge in [0.2, 0.25) is 0 Å². The van der Waals surface area contributed by atoms with Crippen LogP contribution >= 0.6 is 0 Å². The average molecular weight is 246 g/mol. The van der Waals surface area contributed by atoms with Gasteiger partial charge in [0.05, 0.1) is 17.4 Å². The first-order chi connectivity index (χ1) is 8.81. The monoisotopic (exact) mass is 246 g/mol. The molecule has 1 saturated heterocycles. The highest BCUT2D eigenvalue weighted by atomic mass is 16.5. The molecule has 5 heteroatoms. The van der Waals surface area contributed by atoms with Crippen molar-refractivity contribution in [1.82, 2.24) is 9.78 Å². The molecule has 0 spiro atoms. The fourth-order valence-corrected chi connectivity index (χ4v) is 2.57. The standard InChI is InChI=1S/C13H18N4O/c1-9-5-6-11-10(13(9)16-14)8-15-17(11)12-4-2-3-7-18-12/h5-6,8,12,16H,2-4,7,14H2,1H3. The zero-order valence-electron chi connectivity index (χ0n) is 10.5.